The first-order valence-electron chi connectivity index (χ1n) is 5.99. The van der Waals surface area contributed by atoms with Gasteiger partial charge in [-0.25, -0.2) is 0 Å². The molecule has 0 saturated carbocycles. The summed E-state index contributed by atoms with van der Waals surface area (Å²) >= 11 is 0. The number of anilines is 1. The van der Waals surface area contributed by atoms with E-state index in [1.54, 1.807) is 18.2 Å². The maximum atomic E-state index is 11.1. The van der Waals surface area contributed by atoms with Crippen molar-refractivity contribution in [1.82, 2.24) is 0 Å². The third-order valence-electron chi connectivity index (χ3n) is 2.96. The van der Waals surface area contributed by atoms with Crippen LogP contribution in [0.4, 0.5) is 5.69 Å². The van der Waals surface area contributed by atoms with Gasteiger partial charge in [0.1, 0.15) is 0 Å². The van der Waals surface area contributed by atoms with E-state index >= 15 is 0 Å². The standard InChI is InChI=1S/C16H14N2O/c1-18(11-13-5-3-2-4-6-13)16-9-14(10-17)7-8-15(16)12-19/h2-9,12H,11H2,1H3. The van der Waals surface area contributed by atoms with Gasteiger partial charge in [0.15, 0.2) is 6.29 Å². The minimum absolute atomic E-state index is 0.556. The molecule has 0 radical (unpaired) electrons. The third-order valence-corrected chi connectivity index (χ3v) is 2.96. The molecule has 0 aliphatic heterocycles. The Balaban J connectivity index is 2.30. The van der Waals surface area contributed by atoms with Gasteiger partial charge in [0, 0.05) is 24.8 Å². The zero-order chi connectivity index (χ0) is 13.7. The van der Waals surface area contributed by atoms with Crippen molar-refractivity contribution in [2.75, 3.05) is 11.9 Å². The van der Waals surface area contributed by atoms with E-state index in [9.17, 15) is 4.79 Å². The molecule has 0 atom stereocenters. The summed E-state index contributed by atoms with van der Waals surface area (Å²) in [7, 11) is 1.91. The molecular weight excluding hydrogens is 236 g/mol. The number of aldehydes is 1. The Morgan fingerprint density at radius 1 is 1.21 bits per heavy atom. The van der Waals surface area contributed by atoms with Crippen molar-refractivity contribution in [2.45, 2.75) is 6.54 Å². The highest BCUT2D eigenvalue weighted by atomic mass is 16.1. The van der Waals surface area contributed by atoms with E-state index in [2.05, 4.69) is 6.07 Å². The molecule has 2 aromatic rings. The Hall–Kier alpha value is -2.60. The van der Waals surface area contributed by atoms with Crippen molar-refractivity contribution in [2.24, 2.45) is 0 Å². The summed E-state index contributed by atoms with van der Waals surface area (Å²) in [5.41, 5.74) is 3.08. The first-order chi connectivity index (χ1) is 9.24. The van der Waals surface area contributed by atoms with Gasteiger partial charge in [-0.2, -0.15) is 5.26 Å². The number of carbonyl (C=O) groups excluding carboxylic acids is 1. The molecular formula is C16H14N2O. The first kappa shape index (κ1) is 12.8. The van der Waals surface area contributed by atoms with Gasteiger partial charge < -0.3 is 4.90 Å². The molecule has 0 saturated heterocycles. The van der Waals surface area contributed by atoms with E-state index in [4.69, 9.17) is 5.26 Å². The van der Waals surface area contributed by atoms with Crippen LogP contribution in [0.2, 0.25) is 0 Å². The van der Waals surface area contributed by atoms with E-state index in [1.165, 1.54) is 0 Å². The number of benzene rings is 2. The number of nitrogens with zero attached hydrogens (tertiary/aromatic N) is 2. The molecule has 3 heteroatoms. The second kappa shape index (κ2) is 5.83. The zero-order valence-corrected chi connectivity index (χ0v) is 10.7. The van der Waals surface area contributed by atoms with Gasteiger partial charge in [-0.3, -0.25) is 4.79 Å². The maximum absolute atomic E-state index is 11.1. The fraction of sp³-hybridized carbons (Fsp3) is 0.125. The van der Waals surface area contributed by atoms with Crippen LogP contribution < -0.4 is 4.90 Å². The van der Waals surface area contributed by atoms with E-state index in [0.717, 1.165) is 17.5 Å². The Kier molecular flexibility index (Phi) is 3.94. The molecule has 0 N–H and O–H groups in total. The Morgan fingerprint density at radius 3 is 2.58 bits per heavy atom. The molecule has 0 fully saturated rings. The lowest BCUT2D eigenvalue weighted by Gasteiger charge is -2.21. The number of rotatable bonds is 4. The quantitative estimate of drug-likeness (QED) is 0.783. The fourth-order valence-corrected chi connectivity index (χ4v) is 1.99. The molecule has 2 aromatic carbocycles. The highest BCUT2D eigenvalue weighted by molar-refractivity contribution is 5.85. The van der Waals surface area contributed by atoms with Gasteiger partial charge in [0.25, 0.3) is 0 Å². The molecule has 3 nitrogen and oxygen atoms in total. The molecule has 0 unspecified atom stereocenters. The monoisotopic (exact) mass is 250 g/mol. The van der Waals surface area contributed by atoms with Crippen LogP contribution in [0.15, 0.2) is 48.5 Å². The van der Waals surface area contributed by atoms with Crippen LogP contribution in [0.25, 0.3) is 0 Å². The highest BCUT2D eigenvalue weighted by Gasteiger charge is 2.08. The predicted molar refractivity (Wildman–Crippen MR) is 75.1 cm³/mol. The lowest BCUT2D eigenvalue weighted by molar-refractivity contribution is 0.112. The Labute approximate surface area is 112 Å². The molecule has 0 bridgehead atoms. The second-order valence-electron chi connectivity index (χ2n) is 4.34. The molecule has 0 heterocycles. The topological polar surface area (TPSA) is 44.1 Å². The van der Waals surface area contributed by atoms with Crippen molar-refractivity contribution in [3.05, 3.63) is 65.2 Å². The molecule has 0 aliphatic carbocycles. The second-order valence-corrected chi connectivity index (χ2v) is 4.34. The first-order valence-corrected chi connectivity index (χ1v) is 5.99. The van der Waals surface area contributed by atoms with Gasteiger partial charge >= 0.3 is 0 Å². The summed E-state index contributed by atoms with van der Waals surface area (Å²) in [4.78, 5) is 13.0. The van der Waals surface area contributed by atoms with Crippen molar-refractivity contribution >= 4 is 12.0 Å². The van der Waals surface area contributed by atoms with Crippen LogP contribution in [0, 0.1) is 11.3 Å². The number of hydrogen-bond donors (Lipinski definition) is 0. The summed E-state index contributed by atoms with van der Waals surface area (Å²) in [6, 6.07) is 17.2. The molecule has 19 heavy (non-hydrogen) atoms. The highest BCUT2D eigenvalue weighted by Crippen LogP contribution is 2.21. The van der Waals surface area contributed by atoms with Gasteiger partial charge in [-0.15, -0.1) is 0 Å². The summed E-state index contributed by atoms with van der Waals surface area (Å²) in [5, 5.41) is 8.94. The average Bonchev–Trinajstić information content (AvgIpc) is 2.47. The van der Waals surface area contributed by atoms with Crippen LogP contribution in [0.1, 0.15) is 21.5 Å². The summed E-state index contributed by atoms with van der Waals surface area (Å²) < 4.78 is 0. The van der Waals surface area contributed by atoms with E-state index in [0.29, 0.717) is 17.7 Å². The zero-order valence-electron chi connectivity index (χ0n) is 10.7. The van der Waals surface area contributed by atoms with Crippen molar-refractivity contribution in [3.63, 3.8) is 0 Å². The van der Waals surface area contributed by atoms with Crippen LogP contribution in [-0.4, -0.2) is 13.3 Å². The molecule has 0 spiro atoms. The smallest absolute Gasteiger partial charge is 0.152 e. The summed E-state index contributed by atoms with van der Waals surface area (Å²) in [5.74, 6) is 0. The number of hydrogen-bond acceptors (Lipinski definition) is 3. The molecule has 94 valence electrons. The number of carbonyl (C=O) groups is 1. The molecule has 2 rings (SSSR count). The summed E-state index contributed by atoms with van der Waals surface area (Å²) in [6.07, 6.45) is 0.817. The normalized spacial score (nSPS) is 9.68. The average molecular weight is 250 g/mol. The maximum Gasteiger partial charge on any atom is 0.152 e. The van der Waals surface area contributed by atoms with Gasteiger partial charge in [-0.1, -0.05) is 30.3 Å². The predicted octanol–water partition coefficient (Wildman–Crippen LogP) is 3.01. The Bertz CT molecular complexity index is 614. The summed E-state index contributed by atoms with van der Waals surface area (Å²) in [6.45, 7) is 0.691. The van der Waals surface area contributed by atoms with Crippen LogP contribution in [0.3, 0.4) is 0 Å². The van der Waals surface area contributed by atoms with E-state index in [1.807, 2.05) is 42.3 Å². The van der Waals surface area contributed by atoms with Gasteiger partial charge in [0.05, 0.1) is 11.6 Å². The van der Waals surface area contributed by atoms with Gasteiger partial charge in [0.2, 0.25) is 0 Å². The fourth-order valence-electron chi connectivity index (χ4n) is 1.99. The van der Waals surface area contributed by atoms with Crippen LogP contribution in [-0.2, 0) is 6.54 Å². The van der Waals surface area contributed by atoms with Gasteiger partial charge in [-0.05, 0) is 23.8 Å². The van der Waals surface area contributed by atoms with Crippen LogP contribution in [0.5, 0.6) is 0 Å². The lowest BCUT2D eigenvalue weighted by Crippen LogP contribution is -2.18. The Morgan fingerprint density at radius 2 is 1.95 bits per heavy atom. The minimum atomic E-state index is 0.556. The van der Waals surface area contributed by atoms with E-state index < -0.39 is 0 Å². The van der Waals surface area contributed by atoms with E-state index in [-0.39, 0.29) is 0 Å². The molecule has 0 amide bonds. The molecule has 0 aromatic heterocycles. The molecule has 0 aliphatic rings. The van der Waals surface area contributed by atoms with Crippen molar-refractivity contribution in [1.29, 1.82) is 5.26 Å². The van der Waals surface area contributed by atoms with Crippen molar-refractivity contribution < 1.29 is 4.79 Å². The lowest BCUT2D eigenvalue weighted by atomic mass is 10.1. The van der Waals surface area contributed by atoms with Crippen molar-refractivity contribution in [3.8, 4) is 6.07 Å². The largest absolute Gasteiger partial charge is 0.370 e. The van der Waals surface area contributed by atoms with Crippen LogP contribution >= 0.6 is 0 Å². The SMILES string of the molecule is CN(Cc1ccccc1)c1cc(C#N)ccc1C=O. The number of nitriles is 1. The minimum Gasteiger partial charge on any atom is -0.370 e. The third kappa shape index (κ3) is 2.99.